The molecule has 0 aliphatic carbocycles. The number of phenolic OH excluding ortho intramolecular Hbond substituents is 1. The third kappa shape index (κ3) is 2.48. The summed E-state index contributed by atoms with van der Waals surface area (Å²) < 4.78 is 2.76. The summed E-state index contributed by atoms with van der Waals surface area (Å²) in [5.41, 5.74) is 2.29. The summed E-state index contributed by atoms with van der Waals surface area (Å²) in [5, 5.41) is 10.4. The third-order valence-electron chi connectivity index (χ3n) is 3.75. The summed E-state index contributed by atoms with van der Waals surface area (Å²) in [4.78, 5) is 14.4. The van der Waals surface area contributed by atoms with Crippen LogP contribution in [-0.2, 0) is 7.05 Å². The van der Waals surface area contributed by atoms with Crippen LogP contribution in [-0.4, -0.2) is 22.6 Å². The standard InChI is InChI=1S/C17H15BrN2O2/c1-19(13-5-3-4-12(18)10-13)17(22)16-9-11-8-14(21)6-7-15(11)20(16)2/h3-10,21H,1-2H3. The Morgan fingerprint density at radius 2 is 1.95 bits per heavy atom. The Morgan fingerprint density at radius 3 is 2.68 bits per heavy atom. The molecule has 1 N–H and O–H groups in total. The summed E-state index contributed by atoms with van der Waals surface area (Å²) >= 11 is 3.42. The first kappa shape index (κ1) is 14.7. The molecule has 5 heteroatoms. The van der Waals surface area contributed by atoms with Gasteiger partial charge in [-0.15, -0.1) is 0 Å². The van der Waals surface area contributed by atoms with E-state index in [1.807, 2.05) is 35.9 Å². The molecule has 0 atom stereocenters. The van der Waals surface area contributed by atoms with E-state index >= 15 is 0 Å². The van der Waals surface area contributed by atoms with E-state index in [1.54, 1.807) is 36.2 Å². The van der Waals surface area contributed by atoms with Gasteiger partial charge in [0.05, 0.1) is 0 Å². The third-order valence-corrected chi connectivity index (χ3v) is 4.24. The number of amides is 1. The number of hydrogen-bond acceptors (Lipinski definition) is 2. The molecular formula is C17H15BrN2O2. The van der Waals surface area contributed by atoms with Crippen molar-refractivity contribution in [3.63, 3.8) is 0 Å². The quantitative estimate of drug-likeness (QED) is 0.754. The fourth-order valence-corrected chi connectivity index (χ4v) is 2.90. The van der Waals surface area contributed by atoms with Gasteiger partial charge >= 0.3 is 0 Å². The largest absolute Gasteiger partial charge is 0.508 e. The predicted octanol–water partition coefficient (Wildman–Crippen LogP) is 3.92. The van der Waals surface area contributed by atoms with Crippen LogP contribution in [0.2, 0.25) is 0 Å². The van der Waals surface area contributed by atoms with Gasteiger partial charge in [0, 0.05) is 35.2 Å². The number of benzene rings is 2. The second-order valence-corrected chi connectivity index (χ2v) is 6.09. The number of aryl methyl sites for hydroxylation is 1. The number of aromatic hydroxyl groups is 1. The SMILES string of the molecule is CN(C(=O)c1cc2cc(O)ccc2n1C)c1cccc(Br)c1. The minimum Gasteiger partial charge on any atom is -0.508 e. The van der Waals surface area contributed by atoms with E-state index in [1.165, 1.54) is 0 Å². The fraction of sp³-hybridized carbons (Fsp3) is 0.118. The Balaban J connectivity index is 2.03. The second-order valence-electron chi connectivity index (χ2n) is 5.18. The predicted molar refractivity (Wildman–Crippen MR) is 91.5 cm³/mol. The molecule has 0 saturated carbocycles. The zero-order valence-electron chi connectivity index (χ0n) is 12.2. The average Bonchev–Trinajstić information content (AvgIpc) is 2.82. The van der Waals surface area contributed by atoms with Gasteiger partial charge in [0.1, 0.15) is 11.4 Å². The number of fused-ring (bicyclic) bond motifs is 1. The molecule has 1 heterocycles. The molecule has 112 valence electrons. The van der Waals surface area contributed by atoms with Crippen LogP contribution in [0.1, 0.15) is 10.5 Å². The molecule has 2 aromatic carbocycles. The number of phenols is 1. The van der Waals surface area contributed by atoms with Crippen molar-refractivity contribution < 1.29 is 9.90 Å². The van der Waals surface area contributed by atoms with Gasteiger partial charge in [-0.3, -0.25) is 4.79 Å². The summed E-state index contributed by atoms with van der Waals surface area (Å²) in [5.74, 6) is 0.0914. The number of nitrogens with zero attached hydrogens (tertiary/aromatic N) is 2. The van der Waals surface area contributed by atoms with Crippen molar-refractivity contribution >= 4 is 38.4 Å². The maximum Gasteiger partial charge on any atom is 0.274 e. The Labute approximate surface area is 136 Å². The molecular weight excluding hydrogens is 344 g/mol. The number of carbonyl (C=O) groups is 1. The minimum absolute atomic E-state index is 0.101. The van der Waals surface area contributed by atoms with Gasteiger partial charge in [-0.1, -0.05) is 22.0 Å². The Morgan fingerprint density at radius 1 is 1.18 bits per heavy atom. The number of halogens is 1. The van der Waals surface area contributed by atoms with Crippen LogP contribution in [0.15, 0.2) is 53.0 Å². The van der Waals surface area contributed by atoms with Gasteiger partial charge in [-0.2, -0.15) is 0 Å². The lowest BCUT2D eigenvalue weighted by atomic mass is 10.2. The maximum absolute atomic E-state index is 12.8. The molecule has 3 rings (SSSR count). The number of aromatic nitrogens is 1. The zero-order chi connectivity index (χ0) is 15.9. The molecule has 22 heavy (non-hydrogen) atoms. The van der Waals surface area contributed by atoms with Crippen molar-refractivity contribution in [2.24, 2.45) is 7.05 Å². The van der Waals surface area contributed by atoms with E-state index in [-0.39, 0.29) is 11.7 Å². The Hall–Kier alpha value is -2.27. The van der Waals surface area contributed by atoms with Crippen molar-refractivity contribution in [2.45, 2.75) is 0 Å². The van der Waals surface area contributed by atoms with Crippen molar-refractivity contribution in [2.75, 3.05) is 11.9 Å². The first-order valence-electron chi connectivity index (χ1n) is 6.79. The van der Waals surface area contributed by atoms with E-state index in [0.717, 1.165) is 21.1 Å². The first-order chi connectivity index (χ1) is 10.5. The number of anilines is 1. The van der Waals surface area contributed by atoms with Gasteiger partial charge in [-0.05, 0) is 42.5 Å². The van der Waals surface area contributed by atoms with Crippen molar-refractivity contribution in [3.8, 4) is 5.75 Å². The smallest absolute Gasteiger partial charge is 0.274 e. The van der Waals surface area contributed by atoms with E-state index in [0.29, 0.717) is 5.69 Å². The maximum atomic E-state index is 12.8. The summed E-state index contributed by atoms with van der Waals surface area (Å²) in [6.45, 7) is 0. The highest BCUT2D eigenvalue weighted by Gasteiger charge is 2.18. The van der Waals surface area contributed by atoms with E-state index in [9.17, 15) is 9.90 Å². The van der Waals surface area contributed by atoms with Gasteiger partial charge in [0.2, 0.25) is 0 Å². The fourth-order valence-electron chi connectivity index (χ4n) is 2.52. The Bertz CT molecular complexity index is 870. The Kier molecular flexibility index (Phi) is 3.66. The highest BCUT2D eigenvalue weighted by Crippen LogP contribution is 2.25. The molecule has 1 amide bonds. The van der Waals surface area contributed by atoms with Crippen molar-refractivity contribution in [1.29, 1.82) is 0 Å². The highest BCUT2D eigenvalue weighted by atomic mass is 79.9. The lowest BCUT2D eigenvalue weighted by Gasteiger charge is -2.18. The number of hydrogen-bond donors (Lipinski definition) is 1. The molecule has 0 fully saturated rings. The molecule has 0 bridgehead atoms. The molecule has 0 saturated heterocycles. The zero-order valence-corrected chi connectivity index (χ0v) is 13.8. The molecule has 0 aliphatic rings. The van der Waals surface area contributed by atoms with Gasteiger partial charge in [0.25, 0.3) is 5.91 Å². The van der Waals surface area contributed by atoms with Crippen molar-refractivity contribution in [3.05, 3.63) is 58.7 Å². The van der Waals surface area contributed by atoms with Crippen LogP contribution >= 0.6 is 15.9 Å². The summed E-state index contributed by atoms with van der Waals surface area (Å²) in [6.07, 6.45) is 0. The topological polar surface area (TPSA) is 45.5 Å². The number of carbonyl (C=O) groups excluding carboxylic acids is 1. The lowest BCUT2D eigenvalue weighted by Crippen LogP contribution is -2.27. The van der Waals surface area contributed by atoms with E-state index in [2.05, 4.69) is 15.9 Å². The van der Waals surface area contributed by atoms with E-state index in [4.69, 9.17) is 0 Å². The van der Waals surface area contributed by atoms with Crippen LogP contribution in [0.4, 0.5) is 5.69 Å². The lowest BCUT2D eigenvalue weighted by molar-refractivity contribution is 0.0985. The van der Waals surface area contributed by atoms with E-state index < -0.39 is 0 Å². The molecule has 0 aliphatic heterocycles. The van der Waals surface area contributed by atoms with Crippen LogP contribution in [0.5, 0.6) is 5.75 Å². The molecule has 0 unspecified atom stereocenters. The van der Waals surface area contributed by atoms with Gasteiger partial charge in [-0.25, -0.2) is 0 Å². The molecule has 0 spiro atoms. The monoisotopic (exact) mass is 358 g/mol. The van der Waals surface area contributed by atoms with Crippen molar-refractivity contribution in [1.82, 2.24) is 4.57 Å². The van der Waals surface area contributed by atoms with Crippen LogP contribution in [0.3, 0.4) is 0 Å². The summed E-state index contributed by atoms with van der Waals surface area (Å²) in [6, 6.07) is 14.5. The molecule has 4 nitrogen and oxygen atoms in total. The van der Waals surface area contributed by atoms with Crippen LogP contribution in [0, 0.1) is 0 Å². The molecule has 3 aromatic rings. The van der Waals surface area contributed by atoms with Gasteiger partial charge < -0.3 is 14.6 Å². The normalized spacial score (nSPS) is 10.9. The molecule has 1 aromatic heterocycles. The first-order valence-corrected chi connectivity index (χ1v) is 7.59. The number of rotatable bonds is 2. The molecule has 0 radical (unpaired) electrons. The summed E-state index contributed by atoms with van der Waals surface area (Å²) in [7, 11) is 3.60. The highest BCUT2D eigenvalue weighted by molar-refractivity contribution is 9.10. The van der Waals surface area contributed by atoms with Crippen LogP contribution < -0.4 is 4.90 Å². The second kappa shape index (κ2) is 5.50. The minimum atomic E-state index is -0.101. The van der Waals surface area contributed by atoms with Gasteiger partial charge in [0.15, 0.2) is 0 Å². The van der Waals surface area contributed by atoms with Crippen LogP contribution in [0.25, 0.3) is 10.9 Å². The average molecular weight is 359 g/mol.